The lowest BCUT2D eigenvalue weighted by Crippen LogP contribution is -1.93. The van der Waals surface area contributed by atoms with Crippen molar-refractivity contribution in [3.63, 3.8) is 0 Å². The van der Waals surface area contributed by atoms with Crippen LogP contribution in [0.15, 0.2) is 18.5 Å². The van der Waals surface area contributed by atoms with Crippen LogP contribution in [0.3, 0.4) is 0 Å². The molecule has 66 valence electrons. The Morgan fingerprint density at radius 3 is 3.08 bits per heavy atom. The van der Waals surface area contributed by atoms with Crippen LogP contribution >= 0.6 is 0 Å². The second-order valence-corrected chi connectivity index (χ2v) is 2.79. The third kappa shape index (κ3) is 1.05. The maximum absolute atomic E-state index is 10.7. The molecule has 13 heavy (non-hydrogen) atoms. The fourth-order valence-corrected chi connectivity index (χ4v) is 1.34. The van der Waals surface area contributed by atoms with Crippen LogP contribution in [0.1, 0.15) is 5.56 Å². The lowest BCUT2D eigenvalue weighted by atomic mass is 10.2. The topological polar surface area (TPSA) is 71.8 Å². The Morgan fingerprint density at radius 2 is 2.38 bits per heavy atom. The predicted molar refractivity (Wildman–Crippen MR) is 47.5 cm³/mol. The van der Waals surface area contributed by atoms with Gasteiger partial charge in [0.25, 0.3) is 5.69 Å². The van der Waals surface area contributed by atoms with Crippen molar-refractivity contribution in [1.82, 2.24) is 9.97 Å². The summed E-state index contributed by atoms with van der Waals surface area (Å²) in [7, 11) is 0. The molecule has 2 aromatic heterocycles. The molecule has 0 atom stereocenters. The van der Waals surface area contributed by atoms with E-state index in [2.05, 4.69) is 9.97 Å². The van der Waals surface area contributed by atoms with E-state index in [9.17, 15) is 10.1 Å². The maximum Gasteiger partial charge on any atom is 0.284 e. The summed E-state index contributed by atoms with van der Waals surface area (Å²) in [4.78, 5) is 17.2. The van der Waals surface area contributed by atoms with E-state index in [1.165, 1.54) is 6.20 Å². The molecule has 0 aliphatic carbocycles. The normalized spacial score (nSPS) is 10.5. The van der Waals surface area contributed by atoms with Crippen LogP contribution in [0, 0.1) is 17.0 Å². The molecule has 1 N–H and O–H groups in total. The molecular formula is C8H7N3O2. The number of pyridine rings is 1. The highest BCUT2D eigenvalue weighted by Crippen LogP contribution is 2.26. The van der Waals surface area contributed by atoms with Gasteiger partial charge in [-0.25, -0.2) is 4.98 Å². The number of nitrogens with one attached hydrogen (secondary N) is 1. The second kappa shape index (κ2) is 2.55. The van der Waals surface area contributed by atoms with Crippen molar-refractivity contribution in [1.29, 1.82) is 0 Å². The highest BCUT2D eigenvalue weighted by Gasteiger charge is 2.16. The van der Waals surface area contributed by atoms with Crippen LogP contribution in [-0.4, -0.2) is 14.9 Å². The average molecular weight is 177 g/mol. The van der Waals surface area contributed by atoms with Gasteiger partial charge in [-0.3, -0.25) is 10.1 Å². The minimum atomic E-state index is -0.382. The van der Waals surface area contributed by atoms with E-state index in [1.54, 1.807) is 19.2 Å². The van der Waals surface area contributed by atoms with E-state index in [0.717, 1.165) is 0 Å². The zero-order valence-corrected chi connectivity index (χ0v) is 6.94. The summed E-state index contributed by atoms with van der Waals surface area (Å²) in [6, 6.07) is 1.66. The molecule has 0 radical (unpaired) electrons. The minimum absolute atomic E-state index is 0.131. The van der Waals surface area contributed by atoms with Crippen LogP contribution in [0.25, 0.3) is 11.0 Å². The summed E-state index contributed by atoms with van der Waals surface area (Å²) in [5.41, 5.74) is 1.26. The average Bonchev–Trinajstić information content (AvgIpc) is 2.50. The number of fused-ring (bicyclic) bond motifs is 1. The van der Waals surface area contributed by atoms with Crippen molar-refractivity contribution < 1.29 is 4.92 Å². The summed E-state index contributed by atoms with van der Waals surface area (Å²) >= 11 is 0. The molecule has 2 heterocycles. The number of rotatable bonds is 1. The molecule has 0 unspecified atom stereocenters. The molecule has 0 saturated carbocycles. The molecule has 2 rings (SSSR count). The highest BCUT2D eigenvalue weighted by molar-refractivity contribution is 5.86. The number of hydrogen-bond acceptors (Lipinski definition) is 3. The molecule has 2 aromatic rings. The first kappa shape index (κ1) is 7.72. The van der Waals surface area contributed by atoms with Crippen molar-refractivity contribution in [3.8, 4) is 0 Å². The van der Waals surface area contributed by atoms with Gasteiger partial charge in [0.2, 0.25) is 0 Å². The zero-order valence-electron chi connectivity index (χ0n) is 6.94. The zero-order chi connectivity index (χ0) is 9.42. The number of hydrogen-bond donors (Lipinski definition) is 1. The van der Waals surface area contributed by atoms with Crippen molar-refractivity contribution in [2.45, 2.75) is 6.92 Å². The smallest absolute Gasteiger partial charge is 0.284 e. The standard InChI is InChI=1S/C8H7N3O2/c1-5-4-10-8-6(2-3-9-8)7(5)11(12)13/h2-4H,1H3,(H,9,10). The van der Waals surface area contributed by atoms with Gasteiger partial charge < -0.3 is 4.98 Å². The molecule has 0 saturated heterocycles. The molecular weight excluding hydrogens is 170 g/mol. The Kier molecular flexibility index (Phi) is 1.51. The first-order chi connectivity index (χ1) is 6.20. The number of aryl methyl sites for hydroxylation is 1. The van der Waals surface area contributed by atoms with Crippen LogP contribution in [-0.2, 0) is 0 Å². The minimum Gasteiger partial charge on any atom is -0.346 e. The van der Waals surface area contributed by atoms with Gasteiger partial charge in [-0.15, -0.1) is 0 Å². The van der Waals surface area contributed by atoms with Crippen molar-refractivity contribution in [2.75, 3.05) is 0 Å². The second-order valence-electron chi connectivity index (χ2n) is 2.79. The Bertz CT molecular complexity index is 475. The lowest BCUT2D eigenvalue weighted by molar-refractivity contribution is -0.383. The van der Waals surface area contributed by atoms with E-state index in [1.807, 2.05) is 0 Å². The van der Waals surface area contributed by atoms with E-state index >= 15 is 0 Å². The molecule has 0 amide bonds. The van der Waals surface area contributed by atoms with Crippen molar-refractivity contribution in [3.05, 3.63) is 34.1 Å². The Balaban J connectivity index is 2.88. The molecule has 0 aliphatic heterocycles. The van der Waals surface area contributed by atoms with Gasteiger partial charge in [-0.2, -0.15) is 0 Å². The van der Waals surface area contributed by atoms with Gasteiger partial charge in [0, 0.05) is 18.0 Å². The Hall–Kier alpha value is -1.91. The Labute approximate surface area is 73.6 Å². The van der Waals surface area contributed by atoms with Gasteiger partial charge in [0.15, 0.2) is 0 Å². The maximum atomic E-state index is 10.7. The predicted octanol–water partition coefficient (Wildman–Crippen LogP) is 1.78. The van der Waals surface area contributed by atoms with E-state index in [4.69, 9.17) is 0 Å². The SMILES string of the molecule is Cc1cnc2[nH]ccc2c1[N+](=O)[O-]. The van der Waals surface area contributed by atoms with E-state index < -0.39 is 0 Å². The summed E-state index contributed by atoms with van der Waals surface area (Å²) in [5, 5.41) is 11.3. The molecule has 5 heteroatoms. The van der Waals surface area contributed by atoms with Crippen LogP contribution in [0.2, 0.25) is 0 Å². The molecule has 0 bridgehead atoms. The monoisotopic (exact) mass is 177 g/mol. The molecule has 0 aromatic carbocycles. The number of nitro groups is 1. The summed E-state index contributed by atoms with van der Waals surface area (Å²) in [5.74, 6) is 0. The van der Waals surface area contributed by atoms with Crippen LogP contribution < -0.4 is 0 Å². The van der Waals surface area contributed by atoms with Gasteiger partial charge in [-0.1, -0.05) is 0 Å². The molecule has 0 spiro atoms. The highest BCUT2D eigenvalue weighted by atomic mass is 16.6. The third-order valence-corrected chi connectivity index (χ3v) is 1.92. The van der Waals surface area contributed by atoms with Crippen LogP contribution in [0.4, 0.5) is 5.69 Å². The summed E-state index contributed by atoms with van der Waals surface area (Å²) < 4.78 is 0. The number of aromatic amines is 1. The number of aromatic nitrogens is 2. The molecule has 0 fully saturated rings. The van der Waals surface area contributed by atoms with E-state index in [-0.39, 0.29) is 10.6 Å². The largest absolute Gasteiger partial charge is 0.346 e. The quantitative estimate of drug-likeness (QED) is 0.533. The third-order valence-electron chi connectivity index (χ3n) is 1.92. The van der Waals surface area contributed by atoms with Crippen LogP contribution in [0.5, 0.6) is 0 Å². The molecule has 5 nitrogen and oxygen atoms in total. The summed E-state index contributed by atoms with van der Waals surface area (Å²) in [6.45, 7) is 1.68. The van der Waals surface area contributed by atoms with Crippen molar-refractivity contribution >= 4 is 16.7 Å². The van der Waals surface area contributed by atoms with Gasteiger partial charge in [-0.05, 0) is 13.0 Å². The summed E-state index contributed by atoms with van der Waals surface area (Å²) in [6.07, 6.45) is 3.14. The first-order valence-corrected chi connectivity index (χ1v) is 3.77. The first-order valence-electron chi connectivity index (χ1n) is 3.77. The van der Waals surface area contributed by atoms with Gasteiger partial charge in [0.05, 0.1) is 10.3 Å². The number of H-pyrrole nitrogens is 1. The van der Waals surface area contributed by atoms with Gasteiger partial charge >= 0.3 is 0 Å². The van der Waals surface area contributed by atoms with Gasteiger partial charge in [0.1, 0.15) is 5.65 Å². The fourth-order valence-electron chi connectivity index (χ4n) is 1.34. The van der Waals surface area contributed by atoms with E-state index in [0.29, 0.717) is 16.6 Å². The lowest BCUT2D eigenvalue weighted by Gasteiger charge is -1.96. The molecule has 0 aliphatic rings. The Morgan fingerprint density at radius 1 is 1.62 bits per heavy atom. The number of nitrogens with zero attached hydrogens (tertiary/aromatic N) is 2. The van der Waals surface area contributed by atoms with Crippen molar-refractivity contribution in [2.24, 2.45) is 0 Å². The fraction of sp³-hybridized carbons (Fsp3) is 0.125.